The van der Waals surface area contributed by atoms with Gasteiger partial charge in [0.2, 0.25) is 0 Å². The van der Waals surface area contributed by atoms with Crippen molar-refractivity contribution < 1.29 is 28.6 Å². The largest absolute Gasteiger partial charge is 0.493 e. The smallest absolute Gasteiger partial charge is 0.293 e. The minimum atomic E-state index is -0.372. The lowest BCUT2D eigenvalue weighted by Crippen LogP contribution is -2.32. The number of aryl methyl sites for hydroxylation is 2. The Labute approximate surface area is 239 Å². The fourth-order valence-electron chi connectivity index (χ4n) is 3.70. The molecular formula is C29H27BrN2O6S. The van der Waals surface area contributed by atoms with E-state index in [0.29, 0.717) is 27.8 Å². The SMILES string of the molecule is COc1ccccc1OCCN1C(=O)S/C(=C\c2ccc(OCC(=O)Nc3cc(C)c(C)cc3Br)cc2)C1=O. The molecule has 202 valence electrons. The van der Waals surface area contributed by atoms with Crippen LogP contribution in [0.15, 0.2) is 70.0 Å². The molecule has 3 aromatic rings. The number of nitrogens with zero attached hydrogens (tertiary/aromatic N) is 1. The van der Waals surface area contributed by atoms with Crippen molar-refractivity contribution in [2.75, 3.05) is 32.2 Å². The molecule has 0 saturated carbocycles. The molecule has 1 aliphatic rings. The van der Waals surface area contributed by atoms with E-state index in [0.717, 1.165) is 37.8 Å². The summed E-state index contributed by atoms with van der Waals surface area (Å²) in [6, 6.07) is 18.0. The third kappa shape index (κ3) is 7.21. The number of benzene rings is 3. The van der Waals surface area contributed by atoms with E-state index in [-0.39, 0.29) is 36.8 Å². The predicted octanol–water partition coefficient (Wildman–Crippen LogP) is 6.21. The van der Waals surface area contributed by atoms with Gasteiger partial charge in [0.15, 0.2) is 18.1 Å². The lowest BCUT2D eigenvalue weighted by atomic mass is 10.1. The summed E-state index contributed by atoms with van der Waals surface area (Å²) >= 11 is 4.35. The molecule has 1 heterocycles. The van der Waals surface area contributed by atoms with Gasteiger partial charge in [0.25, 0.3) is 17.1 Å². The van der Waals surface area contributed by atoms with Crippen molar-refractivity contribution in [3.8, 4) is 17.2 Å². The highest BCUT2D eigenvalue weighted by Crippen LogP contribution is 2.33. The second-order valence-corrected chi connectivity index (χ2v) is 10.5. The molecule has 0 aliphatic carbocycles. The zero-order valence-electron chi connectivity index (χ0n) is 21.7. The van der Waals surface area contributed by atoms with E-state index in [2.05, 4.69) is 21.2 Å². The minimum absolute atomic E-state index is 0.119. The normalized spacial score (nSPS) is 14.1. The molecule has 0 unspecified atom stereocenters. The monoisotopic (exact) mass is 610 g/mol. The highest BCUT2D eigenvalue weighted by atomic mass is 79.9. The van der Waals surface area contributed by atoms with Crippen LogP contribution in [-0.4, -0.2) is 48.8 Å². The first kappa shape index (κ1) is 28.3. The zero-order chi connectivity index (χ0) is 27.9. The van der Waals surface area contributed by atoms with Gasteiger partial charge in [-0.1, -0.05) is 24.3 Å². The Balaban J connectivity index is 1.29. The topological polar surface area (TPSA) is 94.2 Å². The number of halogens is 1. The number of ether oxygens (including phenoxy) is 3. The van der Waals surface area contributed by atoms with Crippen LogP contribution in [0.5, 0.6) is 17.2 Å². The first-order valence-electron chi connectivity index (χ1n) is 12.1. The maximum absolute atomic E-state index is 12.8. The Kier molecular flexibility index (Phi) is 9.32. The summed E-state index contributed by atoms with van der Waals surface area (Å²) in [6.45, 7) is 4.09. The van der Waals surface area contributed by atoms with Crippen LogP contribution in [-0.2, 0) is 9.59 Å². The van der Waals surface area contributed by atoms with Gasteiger partial charge in [-0.15, -0.1) is 0 Å². The summed E-state index contributed by atoms with van der Waals surface area (Å²) in [5, 5.41) is 2.49. The van der Waals surface area contributed by atoms with Gasteiger partial charge in [-0.25, -0.2) is 0 Å². The molecule has 1 fully saturated rings. The Morgan fingerprint density at radius 3 is 2.41 bits per heavy atom. The standard InChI is InChI=1S/C29H27BrN2O6S/c1-18-14-22(30)23(15-19(18)2)31-27(33)17-38-21-10-8-20(9-11-21)16-26-28(34)32(29(35)39-26)12-13-37-25-7-5-4-6-24(25)36-3/h4-11,14-16H,12-13,17H2,1-3H3,(H,31,33)/b26-16-. The fraction of sp³-hybridized carbons (Fsp3) is 0.207. The Morgan fingerprint density at radius 2 is 1.69 bits per heavy atom. The van der Waals surface area contributed by atoms with Crippen molar-refractivity contribution >= 4 is 56.5 Å². The highest BCUT2D eigenvalue weighted by molar-refractivity contribution is 9.10. The van der Waals surface area contributed by atoms with Gasteiger partial charge in [-0.05, 0) is 101 Å². The Morgan fingerprint density at radius 1 is 1.00 bits per heavy atom. The number of nitrogens with one attached hydrogen (secondary N) is 1. The first-order chi connectivity index (χ1) is 18.7. The van der Waals surface area contributed by atoms with Crippen molar-refractivity contribution in [1.82, 2.24) is 4.90 Å². The van der Waals surface area contributed by atoms with Gasteiger partial charge in [0, 0.05) is 4.47 Å². The van der Waals surface area contributed by atoms with Gasteiger partial charge < -0.3 is 19.5 Å². The number of para-hydroxylation sites is 2. The molecule has 0 aromatic heterocycles. The molecule has 1 N–H and O–H groups in total. The quantitative estimate of drug-likeness (QED) is 0.273. The van der Waals surface area contributed by atoms with Crippen LogP contribution in [0.3, 0.4) is 0 Å². The Hall–Kier alpha value is -3.76. The summed E-state index contributed by atoms with van der Waals surface area (Å²) in [6.07, 6.45) is 1.65. The average Bonchev–Trinajstić information content (AvgIpc) is 3.19. The average molecular weight is 612 g/mol. The molecule has 3 aromatic carbocycles. The molecule has 39 heavy (non-hydrogen) atoms. The summed E-state index contributed by atoms with van der Waals surface area (Å²) < 4.78 is 17.4. The van der Waals surface area contributed by atoms with Gasteiger partial charge in [-0.3, -0.25) is 19.3 Å². The number of imide groups is 1. The summed E-state index contributed by atoms with van der Waals surface area (Å²) in [7, 11) is 1.55. The van der Waals surface area contributed by atoms with Gasteiger partial charge in [0.1, 0.15) is 12.4 Å². The first-order valence-corrected chi connectivity index (χ1v) is 13.7. The molecule has 4 rings (SSSR count). The third-order valence-electron chi connectivity index (χ3n) is 5.92. The molecule has 1 saturated heterocycles. The van der Waals surface area contributed by atoms with Crippen molar-refractivity contribution in [2.24, 2.45) is 0 Å². The number of carbonyl (C=O) groups excluding carboxylic acids is 3. The molecule has 0 bridgehead atoms. The molecule has 3 amide bonds. The lowest BCUT2D eigenvalue weighted by molar-refractivity contribution is -0.123. The third-order valence-corrected chi connectivity index (χ3v) is 7.48. The van der Waals surface area contributed by atoms with E-state index in [1.807, 2.05) is 38.1 Å². The molecule has 0 spiro atoms. The van der Waals surface area contributed by atoms with E-state index in [1.54, 1.807) is 49.6 Å². The number of hydrogen-bond donors (Lipinski definition) is 1. The van der Waals surface area contributed by atoms with Crippen LogP contribution >= 0.6 is 27.7 Å². The van der Waals surface area contributed by atoms with E-state index in [1.165, 1.54) is 0 Å². The number of hydrogen-bond acceptors (Lipinski definition) is 7. The van der Waals surface area contributed by atoms with Crippen LogP contribution in [0.2, 0.25) is 0 Å². The molecule has 10 heteroatoms. The molecular weight excluding hydrogens is 584 g/mol. The second-order valence-electron chi connectivity index (χ2n) is 8.65. The van der Waals surface area contributed by atoms with Crippen LogP contribution < -0.4 is 19.5 Å². The Bertz CT molecular complexity index is 1420. The number of rotatable bonds is 10. The minimum Gasteiger partial charge on any atom is -0.493 e. The number of methoxy groups -OCH3 is 1. The lowest BCUT2D eigenvalue weighted by Gasteiger charge is -2.14. The van der Waals surface area contributed by atoms with Crippen molar-refractivity contribution in [1.29, 1.82) is 0 Å². The van der Waals surface area contributed by atoms with E-state index >= 15 is 0 Å². The predicted molar refractivity (Wildman–Crippen MR) is 155 cm³/mol. The zero-order valence-corrected chi connectivity index (χ0v) is 24.1. The number of amides is 3. The molecule has 1 aliphatic heterocycles. The number of anilines is 1. The molecule has 0 atom stereocenters. The number of carbonyl (C=O) groups is 3. The van der Waals surface area contributed by atoms with Crippen molar-refractivity contribution in [2.45, 2.75) is 13.8 Å². The molecule has 0 radical (unpaired) electrons. The van der Waals surface area contributed by atoms with Crippen molar-refractivity contribution in [3.05, 3.63) is 86.7 Å². The fourth-order valence-corrected chi connectivity index (χ4v) is 5.12. The van der Waals surface area contributed by atoms with Crippen LogP contribution in [0.1, 0.15) is 16.7 Å². The van der Waals surface area contributed by atoms with Crippen LogP contribution in [0.4, 0.5) is 10.5 Å². The maximum atomic E-state index is 12.8. The highest BCUT2D eigenvalue weighted by Gasteiger charge is 2.34. The van der Waals surface area contributed by atoms with Gasteiger partial charge in [-0.2, -0.15) is 0 Å². The molecule has 8 nitrogen and oxygen atoms in total. The summed E-state index contributed by atoms with van der Waals surface area (Å²) in [4.78, 5) is 39.1. The van der Waals surface area contributed by atoms with Crippen LogP contribution in [0, 0.1) is 13.8 Å². The summed E-state index contributed by atoms with van der Waals surface area (Å²) in [5.41, 5.74) is 3.60. The van der Waals surface area contributed by atoms with Crippen molar-refractivity contribution in [3.63, 3.8) is 0 Å². The second kappa shape index (κ2) is 12.9. The van der Waals surface area contributed by atoms with E-state index in [4.69, 9.17) is 14.2 Å². The van der Waals surface area contributed by atoms with E-state index < -0.39 is 0 Å². The van der Waals surface area contributed by atoms with Gasteiger partial charge >= 0.3 is 0 Å². The summed E-state index contributed by atoms with van der Waals surface area (Å²) in [5.74, 6) is 0.965. The maximum Gasteiger partial charge on any atom is 0.293 e. The van der Waals surface area contributed by atoms with Crippen LogP contribution in [0.25, 0.3) is 6.08 Å². The van der Waals surface area contributed by atoms with Gasteiger partial charge in [0.05, 0.1) is 24.2 Å². The number of thioether (sulfide) groups is 1. The van der Waals surface area contributed by atoms with E-state index in [9.17, 15) is 14.4 Å².